The number of halogens is 3. The van der Waals surface area contributed by atoms with Crippen molar-refractivity contribution in [3.05, 3.63) is 35.4 Å². The average molecular weight is 299 g/mol. The minimum Gasteiger partial charge on any atom is -0.319 e. The predicted octanol–water partition coefficient (Wildman–Crippen LogP) is 4.83. The Kier molecular flexibility index (Phi) is 5.31. The number of benzene rings is 1. The highest BCUT2D eigenvalue weighted by Gasteiger charge is 2.33. The Morgan fingerprint density at radius 1 is 1.14 bits per heavy atom. The lowest BCUT2D eigenvalue weighted by atomic mass is 9.70. The summed E-state index contributed by atoms with van der Waals surface area (Å²) < 4.78 is 38.0. The lowest BCUT2D eigenvalue weighted by molar-refractivity contribution is -0.137. The Balaban J connectivity index is 2.19. The number of alkyl halides is 3. The summed E-state index contributed by atoms with van der Waals surface area (Å²) in [6.07, 6.45) is 0.393. The third-order valence-corrected chi connectivity index (χ3v) is 4.81. The van der Waals surface area contributed by atoms with Gasteiger partial charge in [-0.25, -0.2) is 0 Å². The lowest BCUT2D eigenvalue weighted by Crippen LogP contribution is -2.30. The summed E-state index contributed by atoms with van der Waals surface area (Å²) in [6.45, 7) is 3.13. The highest BCUT2D eigenvalue weighted by Crippen LogP contribution is 2.42. The van der Waals surface area contributed by atoms with Crippen LogP contribution in [0.4, 0.5) is 13.2 Å². The molecule has 1 aliphatic carbocycles. The van der Waals surface area contributed by atoms with Gasteiger partial charge in [0.15, 0.2) is 0 Å². The maximum absolute atomic E-state index is 12.7. The van der Waals surface area contributed by atoms with Crippen LogP contribution in [0.25, 0.3) is 0 Å². The molecule has 3 atom stereocenters. The number of hydrogen-bond donors (Lipinski definition) is 1. The summed E-state index contributed by atoms with van der Waals surface area (Å²) in [5, 5.41) is 3.23. The monoisotopic (exact) mass is 299 g/mol. The van der Waals surface area contributed by atoms with E-state index in [2.05, 4.69) is 12.2 Å². The van der Waals surface area contributed by atoms with Crippen LogP contribution in [0.5, 0.6) is 0 Å². The molecule has 0 aromatic heterocycles. The third-order valence-electron chi connectivity index (χ3n) is 4.81. The molecule has 1 nitrogen and oxygen atoms in total. The minimum absolute atomic E-state index is 0.374. The van der Waals surface area contributed by atoms with E-state index in [1.54, 1.807) is 12.1 Å². The molecule has 0 radical (unpaired) electrons. The second-order valence-electron chi connectivity index (χ2n) is 6.13. The van der Waals surface area contributed by atoms with Crippen molar-refractivity contribution in [1.82, 2.24) is 5.32 Å². The van der Waals surface area contributed by atoms with Crippen LogP contribution in [0.15, 0.2) is 24.3 Å². The summed E-state index contributed by atoms with van der Waals surface area (Å²) >= 11 is 0. The lowest BCUT2D eigenvalue weighted by Gasteiger charge is -2.36. The van der Waals surface area contributed by atoms with Gasteiger partial charge >= 0.3 is 6.18 Å². The normalized spacial score (nSPS) is 26.8. The molecule has 1 fully saturated rings. The Morgan fingerprint density at radius 3 is 2.33 bits per heavy atom. The molecule has 0 spiro atoms. The van der Waals surface area contributed by atoms with E-state index in [0.29, 0.717) is 17.8 Å². The van der Waals surface area contributed by atoms with Gasteiger partial charge in [-0.05, 0) is 61.9 Å². The highest BCUT2D eigenvalue weighted by atomic mass is 19.4. The Labute approximate surface area is 124 Å². The Morgan fingerprint density at radius 2 is 1.81 bits per heavy atom. The fourth-order valence-electron chi connectivity index (χ4n) is 3.53. The zero-order valence-electron chi connectivity index (χ0n) is 12.7. The molecule has 1 aromatic carbocycles. The van der Waals surface area contributed by atoms with Crippen LogP contribution in [-0.4, -0.2) is 13.6 Å². The SMILES string of the molecule is CCC1CCC(CNC)C(c2ccc(C(F)(F)F)cc2)C1. The summed E-state index contributed by atoms with van der Waals surface area (Å²) in [6, 6.07) is 5.80. The largest absolute Gasteiger partial charge is 0.416 e. The number of hydrogen-bond acceptors (Lipinski definition) is 1. The van der Waals surface area contributed by atoms with E-state index < -0.39 is 11.7 Å². The van der Waals surface area contributed by atoms with E-state index in [0.717, 1.165) is 31.4 Å². The number of rotatable bonds is 4. The maximum atomic E-state index is 12.7. The van der Waals surface area contributed by atoms with Gasteiger partial charge in [-0.15, -0.1) is 0 Å². The van der Waals surface area contributed by atoms with Crippen molar-refractivity contribution in [2.24, 2.45) is 11.8 Å². The van der Waals surface area contributed by atoms with Gasteiger partial charge in [0.2, 0.25) is 0 Å². The first-order valence-electron chi connectivity index (χ1n) is 7.77. The fourth-order valence-corrected chi connectivity index (χ4v) is 3.53. The van der Waals surface area contributed by atoms with Crippen LogP contribution >= 0.6 is 0 Å². The molecule has 2 rings (SSSR count). The van der Waals surface area contributed by atoms with Gasteiger partial charge in [0.05, 0.1) is 5.56 Å². The molecule has 1 aliphatic rings. The van der Waals surface area contributed by atoms with Gasteiger partial charge in [0.25, 0.3) is 0 Å². The highest BCUT2D eigenvalue weighted by molar-refractivity contribution is 5.28. The van der Waals surface area contributed by atoms with Crippen molar-refractivity contribution >= 4 is 0 Å². The molecule has 0 bridgehead atoms. The maximum Gasteiger partial charge on any atom is 0.416 e. The summed E-state index contributed by atoms with van der Waals surface area (Å²) in [5.74, 6) is 1.60. The molecule has 1 N–H and O–H groups in total. The van der Waals surface area contributed by atoms with Crippen LogP contribution in [0.2, 0.25) is 0 Å². The molecule has 0 amide bonds. The minimum atomic E-state index is -4.25. The zero-order chi connectivity index (χ0) is 15.5. The molecule has 3 unspecified atom stereocenters. The molecule has 0 heterocycles. The van der Waals surface area contributed by atoms with E-state index in [4.69, 9.17) is 0 Å². The average Bonchev–Trinajstić information content (AvgIpc) is 2.47. The molecule has 1 aromatic rings. The standard InChI is InChI=1S/C17H24F3N/c1-3-12-4-5-14(11-21-2)16(10-12)13-6-8-15(9-7-13)17(18,19)20/h6-9,12,14,16,21H,3-5,10-11H2,1-2H3. The first kappa shape index (κ1) is 16.3. The molecular weight excluding hydrogens is 275 g/mol. The van der Waals surface area contributed by atoms with Gasteiger partial charge in [0, 0.05) is 0 Å². The second-order valence-corrected chi connectivity index (χ2v) is 6.13. The topological polar surface area (TPSA) is 12.0 Å². The van der Waals surface area contributed by atoms with E-state index >= 15 is 0 Å². The third kappa shape index (κ3) is 4.00. The first-order valence-corrected chi connectivity index (χ1v) is 7.77. The molecule has 118 valence electrons. The molecular formula is C17H24F3N. The molecule has 21 heavy (non-hydrogen) atoms. The van der Waals surface area contributed by atoms with Crippen LogP contribution in [0.3, 0.4) is 0 Å². The number of nitrogens with one attached hydrogen (secondary N) is 1. The van der Waals surface area contributed by atoms with Gasteiger partial charge in [-0.3, -0.25) is 0 Å². The van der Waals surface area contributed by atoms with Gasteiger partial charge in [0.1, 0.15) is 0 Å². The summed E-state index contributed by atoms with van der Waals surface area (Å²) in [7, 11) is 1.94. The van der Waals surface area contributed by atoms with Crippen molar-refractivity contribution in [3.8, 4) is 0 Å². The van der Waals surface area contributed by atoms with Crippen LogP contribution in [0.1, 0.15) is 49.7 Å². The fraction of sp³-hybridized carbons (Fsp3) is 0.647. The van der Waals surface area contributed by atoms with Crippen LogP contribution < -0.4 is 5.32 Å². The van der Waals surface area contributed by atoms with E-state index in [9.17, 15) is 13.2 Å². The quantitative estimate of drug-likeness (QED) is 0.839. The van der Waals surface area contributed by atoms with E-state index in [-0.39, 0.29) is 0 Å². The molecule has 0 saturated heterocycles. The van der Waals surface area contributed by atoms with Crippen molar-refractivity contribution < 1.29 is 13.2 Å². The smallest absolute Gasteiger partial charge is 0.319 e. The van der Waals surface area contributed by atoms with Gasteiger partial charge in [-0.2, -0.15) is 13.2 Å². The molecule has 0 aliphatic heterocycles. The van der Waals surface area contributed by atoms with Crippen molar-refractivity contribution in [1.29, 1.82) is 0 Å². The van der Waals surface area contributed by atoms with E-state index in [1.807, 2.05) is 7.05 Å². The zero-order valence-corrected chi connectivity index (χ0v) is 12.7. The van der Waals surface area contributed by atoms with Crippen LogP contribution in [0, 0.1) is 11.8 Å². The summed E-state index contributed by atoms with van der Waals surface area (Å²) in [4.78, 5) is 0. The van der Waals surface area contributed by atoms with Crippen molar-refractivity contribution in [3.63, 3.8) is 0 Å². The molecule has 4 heteroatoms. The Bertz CT molecular complexity index is 438. The molecule has 1 saturated carbocycles. The van der Waals surface area contributed by atoms with Gasteiger partial charge < -0.3 is 5.32 Å². The van der Waals surface area contributed by atoms with Crippen molar-refractivity contribution in [2.75, 3.05) is 13.6 Å². The van der Waals surface area contributed by atoms with Crippen LogP contribution in [-0.2, 0) is 6.18 Å². The summed E-state index contributed by atoms with van der Waals surface area (Å²) in [5.41, 5.74) is 0.501. The predicted molar refractivity (Wildman–Crippen MR) is 79.2 cm³/mol. The second kappa shape index (κ2) is 6.82. The van der Waals surface area contributed by atoms with Crippen molar-refractivity contribution in [2.45, 2.75) is 44.7 Å². The van der Waals surface area contributed by atoms with Gasteiger partial charge in [-0.1, -0.05) is 31.9 Å². The Hall–Kier alpha value is -1.03. The van der Waals surface area contributed by atoms with E-state index in [1.165, 1.54) is 18.6 Å². The first-order chi connectivity index (χ1) is 9.95.